The molecule has 5 amide bonds. The molecular formula is C22H35N5O4. The number of rotatable bonds is 5. The molecule has 9 heteroatoms. The van der Waals surface area contributed by atoms with Gasteiger partial charge in [0.15, 0.2) is 5.75 Å². The number of nitrogens with one attached hydrogen (secondary N) is 3. The van der Waals surface area contributed by atoms with E-state index in [9.17, 15) is 14.4 Å². The number of nitrogens with zero attached hydrogens (tertiary/aromatic N) is 2. The summed E-state index contributed by atoms with van der Waals surface area (Å²) in [5.41, 5.74) is 0.779. The number of anilines is 1. The van der Waals surface area contributed by atoms with Crippen molar-refractivity contribution in [2.45, 2.75) is 52.8 Å². The highest BCUT2D eigenvalue weighted by Gasteiger charge is 2.32. The predicted octanol–water partition coefficient (Wildman–Crippen LogP) is 2.74. The molecule has 1 aromatic carbocycles. The number of ether oxygens (including phenoxy) is 1. The maximum atomic E-state index is 13.0. The van der Waals surface area contributed by atoms with Crippen molar-refractivity contribution in [1.29, 1.82) is 0 Å². The lowest BCUT2D eigenvalue weighted by Crippen LogP contribution is -2.49. The number of carbonyl (C=O) groups excluding carboxylic acids is 3. The van der Waals surface area contributed by atoms with Crippen LogP contribution in [-0.2, 0) is 0 Å². The number of carbonyl (C=O) groups is 3. The van der Waals surface area contributed by atoms with Crippen LogP contribution in [0.25, 0.3) is 0 Å². The Morgan fingerprint density at radius 3 is 2.45 bits per heavy atom. The van der Waals surface area contributed by atoms with Crippen LogP contribution in [0.4, 0.5) is 15.3 Å². The van der Waals surface area contributed by atoms with E-state index >= 15 is 0 Å². The molecule has 0 unspecified atom stereocenters. The summed E-state index contributed by atoms with van der Waals surface area (Å²) in [6.07, 6.45) is -0.381. The number of hydrogen-bond donors (Lipinski definition) is 3. The topological polar surface area (TPSA) is 103 Å². The van der Waals surface area contributed by atoms with E-state index < -0.39 is 0 Å². The Bertz CT molecular complexity index is 811. The van der Waals surface area contributed by atoms with Crippen molar-refractivity contribution in [3.63, 3.8) is 0 Å². The van der Waals surface area contributed by atoms with Crippen molar-refractivity contribution in [2.24, 2.45) is 5.92 Å². The molecule has 1 aliphatic heterocycles. The fraction of sp³-hybridized carbons (Fsp3) is 0.591. The van der Waals surface area contributed by atoms with Gasteiger partial charge in [-0.1, -0.05) is 13.0 Å². The smallest absolute Gasteiger partial charge is 0.319 e. The molecule has 172 valence electrons. The Hall–Kier alpha value is -2.97. The highest BCUT2D eigenvalue weighted by atomic mass is 16.5. The third-order valence-electron chi connectivity index (χ3n) is 4.94. The Labute approximate surface area is 184 Å². The van der Waals surface area contributed by atoms with Crippen LogP contribution in [0.1, 0.15) is 45.0 Å². The van der Waals surface area contributed by atoms with Gasteiger partial charge in [0.2, 0.25) is 0 Å². The molecule has 0 radical (unpaired) electrons. The van der Waals surface area contributed by atoms with Gasteiger partial charge in [-0.05, 0) is 39.8 Å². The van der Waals surface area contributed by atoms with Gasteiger partial charge in [0.1, 0.15) is 6.10 Å². The number of benzene rings is 1. The van der Waals surface area contributed by atoms with Gasteiger partial charge in [0.05, 0.1) is 17.8 Å². The van der Waals surface area contributed by atoms with E-state index in [4.69, 9.17) is 4.74 Å². The van der Waals surface area contributed by atoms with E-state index in [-0.39, 0.29) is 42.1 Å². The number of urea groups is 2. The monoisotopic (exact) mass is 433 g/mol. The minimum Gasteiger partial charge on any atom is -0.485 e. The van der Waals surface area contributed by atoms with Gasteiger partial charge in [0.25, 0.3) is 5.91 Å². The van der Waals surface area contributed by atoms with E-state index in [0.29, 0.717) is 30.1 Å². The molecule has 31 heavy (non-hydrogen) atoms. The third kappa shape index (κ3) is 6.50. The van der Waals surface area contributed by atoms with Crippen molar-refractivity contribution in [2.75, 3.05) is 32.5 Å². The van der Waals surface area contributed by atoms with Gasteiger partial charge in [-0.2, -0.15) is 0 Å². The van der Waals surface area contributed by atoms with Crippen LogP contribution in [0.5, 0.6) is 5.75 Å². The molecule has 0 saturated heterocycles. The van der Waals surface area contributed by atoms with Gasteiger partial charge in [-0.3, -0.25) is 4.79 Å². The molecule has 1 aliphatic rings. The lowest BCUT2D eigenvalue weighted by molar-refractivity contribution is 0.0579. The molecule has 0 aromatic heterocycles. The van der Waals surface area contributed by atoms with Crippen LogP contribution in [0.15, 0.2) is 18.2 Å². The van der Waals surface area contributed by atoms with Crippen LogP contribution >= 0.6 is 0 Å². The van der Waals surface area contributed by atoms with E-state index in [2.05, 4.69) is 16.0 Å². The second-order valence-electron chi connectivity index (χ2n) is 8.74. The zero-order chi connectivity index (χ0) is 23.3. The molecule has 1 aromatic rings. The highest BCUT2D eigenvalue weighted by Crippen LogP contribution is 2.34. The van der Waals surface area contributed by atoms with Gasteiger partial charge in [-0.25, -0.2) is 9.59 Å². The molecular weight excluding hydrogens is 398 g/mol. The lowest BCUT2D eigenvalue weighted by atomic mass is 10.0. The molecule has 0 saturated carbocycles. The quantitative estimate of drug-likeness (QED) is 0.664. The first kappa shape index (κ1) is 24.3. The van der Waals surface area contributed by atoms with E-state index in [1.807, 2.05) is 34.6 Å². The molecule has 9 nitrogen and oxygen atoms in total. The first-order valence-electron chi connectivity index (χ1n) is 10.6. The molecule has 0 aliphatic carbocycles. The maximum Gasteiger partial charge on any atom is 0.319 e. The molecule has 0 fully saturated rings. The summed E-state index contributed by atoms with van der Waals surface area (Å²) in [4.78, 5) is 40.9. The summed E-state index contributed by atoms with van der Waals surface area (Å²) in [7, 11) is 3.45. The van der Waals surface area contributed by atoms with Crippen molar-refractivity contribution in [3.8, 4) is 5.75 Å². The minimum absolute atomic E-state index is 0.0189. The van der Waals surface area contributed by atoms with Crippen molar-refractivity contribution in [1.82, 2.24) is 20.4 Å². The van der Waals surface area contributed by atoms with Crippen LogP contribution in [0.3, 0.4) is 0 Å². The zero-order valence-corrected chi connectivity index (χ0v) is 19.5. The predicted molar refractivity (Wildman–Crippen MR) is 121 cm³/mol. The van der Waals surface area contributed by atoms with Gasteiger partial charge >= 0.3 is 12.1 Å². The van der Waals surface area contributed by atoms with Gasteiger partial charge < -0.3 is 30.5 Å². The Morgan fingerprint density at radius 1 is 1.19 bits per heavy atom. The fourth-order valence-corrected chi connectivity index (χ4v) is 3.38. The number of para-hydroxylation sites is 1. The summed E-state index contributed by atoms with van der Waals surface area (Å²) < 4.78 is 6.32. The largest absolute Gasteiger partial charge is 0.485 e. The number of hydrogen-bond acceptors (Lipinski definition) is 4. The highest BCUT2D eigenvalue weighted by molar-refractivity contribution is 6.01. The Morgan fingerprint density at radius 2 is 1.84 bits per heavy atom. The van der Waals surface area contributed by atoms with E-state index in [1.54, 1.807) is 42.1 Å². The van der Waals surface area contributed by atoms with Crippen molar-refractivity contribution >= 4 is 23.7 Å². The van der Waals surface area contributed by atoms with Gasteiger partial charge in [0, 0.05) is 38.6 Å². The van der Waals surface area contributed by atoms with Crippen molar-refractivity contribution < 1.29 is 19.1 Å². The Kier molecular flexibility index (Phi) is 8.13. The summed E-state index contributed by atoms with van der Waals surface area (Å²) in [6, 6.07) is 4.49. The molecule has 0 bridgehead atoms. The van der Waals surface area contributed by atoms with Crippen molar-refractivity contribution in [3.05, 3.63) is 23.8 Å². The standard InChI is InChI=1S/C22H35N5O4/c1-13(2)23-21(29)25-17-10-8-9-16-19(17)31-18(15(5)11-26(6)20(16)28)12-27(7)22(30)24-14(3)4/h8-10,13-15,18H,11-12H2,1-7H3,(H,24,30)(H2,23,25,29)/t15-,18-/m1/s1. The number of fused-ring (bicyclic) bond motifs is 1. The summed E-state index contributed by atoms with van der Waals surface area (Å²) in [5, 5.41) is 8.42. The molecule has 0 spiro atoms. The second kappa shape index (κ2) is 10.4. The summed E-state index contributed by atoms with van der Waals surface area (Å²) in [6.45, 7) is 10.3. The van der Waals surface area contributed by atoms with Crippen LogP contribution < -0.4 is 20.7 Å². The summed E-state index contributed by atoms with van der Waals surface area (Å²) >= 11 is 0. The molecule has 3 N–H and O–H groups in total. The average Bonchev–Trinajstić information content (AvgIpc) is 2.65. The van der Waals surface area contributed by atoms with E-state index in [0.717, 1.165) is 0 Å². The van der Waals surface area contributed by atoms with E-state index in [1.165, 1.54) is 0 Å². The third-order valence-corrected chi connectivity index (χ3v) is 4.94. The fourth-order valence-electron chi connectivity index (χ4n) is 3.38. The van der Waals surface area contributed by atoms with Gasteiger partial charge in [-0.15, -0.1) is 0 Å². The first-order chi connectivity index (χ1) is 14.5. The number of amides is 5. The summed E-state index contributed by atoms with van der Waals surface area (Å²) in [5.74, 6) is 0.0838. The first-order valence-corrected chi connectivity index (χ1v) is 10.6. The zero-order valence-electron chi connectivity index (χ0n) is 19.5. The molecule has 1 heterocycles. The SMILES string of the molecule is CC(C)NC(=O)Nc1cccc2c1O[C@H](CN(C)C(=O)NC(C)C)[C@H](C)CN(C)C2=O. The van der Waals surface area contributed by atoms with Crippen LogP contribution in [-0.4, -0.2) is 73.1 Å². The number of likely N-dealkylation sites (N-methyl/N-ethyl adjacent to an activating group) is 1. The molecule has 2 atom stereocenters. The average molecular weight is 434 g/mol. The normalized spacial score (nSPS) is 18.6. The minimum atomic E-state index is -0.382. The van der Waals surface area contributed by atoms with Crippen LogP contribution in [0, 0.1) is 5.92 Å². The Balaban J connectivity index is 2.36. The molecule has 2 rings (SSSR count). The second-order valence-corrected chi connectivity index (χ2v) is 8.74. The van der Waals surface area contributed by atoms with Crippen LogP contribution in [0.2, 0.25) is 0 Å². The maximum absolute atomic E-state index is 13.0. The lowest BCUT2D eigenvalue weighted by Gasteiger charge is -2.35.